The van der Waals surface area contributed by atoms with E-state index in [9.17, 15) is 14.7 Å². The Bertz CT molecular complexity index is 1720. The zero-order valence-electron chi connectivity index (χ0n) is 26.2. The van der Waals surface area contributed by atoms with E-state index in [1.807, 2.05) is 74.5 Å². The van der Waals surface area contributed by atoms with E-state index in [1.54, 1.807) is 12.1 Å². The van der Waals surface area contributed by atoms with Crippen molar-refractivity contribution >= 4 is 69.4 Å². The Balaban J connectivity index is 0.000000320. The van der Waals surface area contributed by atoms with Gasteiger partial charge in [-0.1, -0.05) is 48.5 Å². The van der Waals surface area contributed by atoms with E-state index in [1.165, 1.54) is 14.2 Å². The number of nitrogens with zero attached hydrogens (tertiary/aromatic N) is 2. The van der Waals surface area contributed by atoms with E-state index in [0.29, 0.717) is 13.0 Å². The molecular formula is C35H38N2O6S3. The molecule has 242 valence electrons. The molecule has 11 heteroatoms. The summed E-state index contributed by atoms with van der Waals surface area (Å²) in [5.74, 6) is 2.62. The monoisotopic (exact) mass is 678 g/mol. The second-order valence-corrected chi connectivity index (χ2v) is 10.5. The quantitative estimate of drug-likeness (QED) is 0.137. The number of phenols is 1. The maximum Gasteiger partial charge on any atom is 0.312 e. The van der Waals surface area contributed by atoms with Gasteiger partial charge in [0.1, 0.15) is 11.5 Å². The number of carbonyl (C=O) groups excluding carboxylic acids is 2. The normalized spacial score (nSPS) is 13.3. The average molecular weight is 679 g/mol. The molecule has 0 spiro atoms. The minimum absolute atomic E-state index is 0. The molecule has 5 rings (SSSR count). The highest BCUT2D eigenvalue weighted by Crippen LogP contribution is 2.36. The highest BCUT2D eigenvalue weighted by molar-refractivity contribution is 8.07. The molecule has 4 aromatic rings. The maximum absolute atomic E-state index is 11.7. The smallest absolute Gasteiger partial charge is 0.312 e. The Morgan fingerprint density at radius 3 is 1.78 bits per heavy atom. The van der Waals surface area contributed by atoms with Crippen LogP contribution >= 0.6 is 13.5 Å². The lowest BCUT2D eigenvalue weighted by molar-refractivity contribution is -0.142. The number of fused-ring (bicyclic) bond motifs is 2. The summed E-state index contributed by atoms with van der Waals surface area (Å²) >= 11 is 7.33. The van der Waals surface area contributed by atoms with Crippen molar-refractivity contribution in [2.45, 2.75) is 50.6 Å². The fourth-order valence-electron chi connectivity index (χ4n) is 4.75. The number of aromatic hydroxyl groups is 1. The molecule has 0 aromatic heterocycles. The lowest BCUT2D eigenvalue weighted by atomic mass is 9.98. The van der Waals surface area contributed by atoms with Crippen molar-refractivity contribution in [3.05, 3.63) is 83.9 Å². The van der Waals surface area contributed by atoms with Crippen molar-refractivity contribution in [1.29, 1.82) is 0 Å². The van der Waals surface area contributed by atoms with Gasteiger partial charge in [-0.05, 0) is 70.8 Å². The Labute approximate surface area is 286 Å². The third-order valence-electron chi connectivity index (χ3n) is 7.62. The van der Waals surface area contributed by atoms with Crippen LogP contribution in [0, 0.1) is 12.3 Å². The molecule has 2 atom stereocenters. The van der Waals surface area contributed by atoms with Gasteiger partial charge in [-0.15, -0.1) is 12.3 Å². The summed E-state index contributed by atoms with van der Waals surface area (Å²) in [6.45, 7) is 4.20. The molecule has 0 bridgehead atoms. The SMILES string of the molecule is C#CCCC1(CCOc2ccc3cc([C@H](C)C(=O)OC)ccc3c2)N=N1.COC(=O)[C@@H](C)c1ccc2cc(O)ccc2c1.S.S=S. The van der Waals surface area contributed by atoms with Gasteiger partial charge in [0.25, 0.3) is 0 Å². The fraction of sp³-hybridized carbons (Fsp3) is 0.314. The molecule has 0 unspecified atom stereocenters. The molecule has 0 radical (unpaired) electrons. The molecule has 4 aromatic carbocycles. The molecule has 0 amide bonds. The van der Waals surface area contributed by atoms with E-state index in [0.717, 1.165) is 51.3 Å². The predicted octanol–water partition coefficient (Wildman–Crippen LogP) is 7.39. The maximum atomic E-state index is 11.7. The van der Waals surface area contributed by atoms with Crippen molar-refractivity contribution < 1.29 is 28.9 Å². The summed E-state index contributed by atoms with van der Waals surface area (Å²) < 4.78 is 15.4. The van der Waals surface area contributed by atoms with E-state index in [4.69, 9.17) is 20.6 Å². The van der Waals surface area contributed by atoms with Crippen LogP contribution in [-0.2, 0) is 41.4 Å². The molecule has 0 fully saturated rings. The van der Waals surface area contributed by atoms with Crippen LogP contribution in [0.1, 0.15) is 56.1 Å². The number of hydrogen-bond acceptors (Lipinski definition) is 10. The second-order valence-electron chi connectivity index (χ2n) is 10.5. The van der Waals surface area contributed by atoms with Gasteiger partial charge in [0.15, 0.2) is 5.66 Å². The van der Waals surface area contributed by atoms with Gasteiger partial charge >= 0.3 is 11.9 Å². The first-order valence-corrected chi connectivity index (χ1v) is 15.6. The van der Waals surface area contributed by atoms with E-state index >= 15 is 0 Å². The number of terminal acetylenes is 1. The molecule has 0 aliphatic carbocycles. The Morgan fingerprint density at radius 1 is 0.804 bits per heavy atom. The van der Waals surface area contributed by atoms with Gasteiger partial charge < -0.3 is 19.3 Å². The number of rotatable bonds is 10. The number of hydrogen-bond donors (Lipinski definition) is 1. The molecule has 1 heterocycles. The van der Waals surface area contributed by atoms with E-state index in [-0.39, 0.29) is 48.7 Å². The van der Waals surface area contributed by atoms with Crippen LogP contribution in [-0.4, -0.2) is 43.5 Å². The van der Waals surface area contributed by atoms with E-state index < -0.39 is 0 Å². The Morgan fingerprint density at radius 2 is 1.28 bits per heavy atom. The second kappa shape index (κ2) is 18.1. The Kier molecular flexibility index (Phi) is 15.0. The van der Waals surface area contributed by atoms with Crippen molar-refractivity contribution in [2.24, 2.45) is 10.2 Å². The summed E-state index contributed by atoms with van der Waals surface area (Å²) in [5.41, 5.74) is 1.53. The Hall–Kier alpha value is -4.11. The molecule has 0 saturated heterocycles. The number of methoxy groups -OCH3 is 2. The number of carbonyl (C=O) groups is 2. The lowest BCUT2D eigenvalue weighted by Gasteiger charge is -2.12. The van der Waals surface area contributed by atoms with Gasteiger partial charge in [-0.25, -0.2) is 0 Å². The number of esters is 2. The van der Waals surface area contributed by atoms with Crippen molar-refractivity contribution in [2.75, 3.05) is 20.8 Å². The zero-order chi connectivity index (χ0) is 33.0. The molecular weight excluding hydrogens is 641 g/mol. The van der Waals surface area contributed by atoms with Crippen molar-refractivity contribution in [1.82, 2.24) is 0 Å². The molecule has 8 nitrogen and oxygen atoms in total. The summed E-state index contributed by atoms with van der Waals surface area (Å²) in [5, 5.41) is 21.7. The molecule has 0 saturated carbocycles. The average Bonchev–Trinajstić information content (AvgIpc) is 3.86. The summed E-state index contributed by atoms with van der Waals surface area (Å²) in [4.78, 5) is 23.1. The number of phenolic OH excluding ortho intramolecular Hbond substituents is 1. The molecule has 1 N–H and O–H groups in total. The van der Waals surface area contributed by atoms with Crippen LogP contribution in [0.25, 0.3) is 21.5 Å². The largest absolute Gasteiger partial charge is 0.508 e. The van der Waals surface area contributed by atoms with Crippen molar-refractivity contribution in [3.8, 4) is 23.8 Å². The summed E-state index contributed by atoms with van der Waals surface area (Å²) in [6, 6.07) is 22.8. The number of ether oxygens (including phenoxy) is 3. The highest BCUT2D eigenvalue weighted by Gasteiger charge is 2.38. The highest BCUT2D eigenvalue weighted by atomic mass is 32.8. The molecule has 46 heavy (non-hydrogen) atoms. The van der Waals surface area contributed by atoms with Crippen LogP contribution in [0.15, 0.2) is 83.0 Å². The first kappa shape index (κ1) is 38.1. The third-order valence-corrected chi connectivity index (χ3v) is 7.62. The van der Waals surface area contributed by atoms with Crippen LogP contribution in [0.5, 0.6) is 11.5 Å². The summed E-state index contributed by atoms with van der Waals surface area (Å²) in [6.07, 6.45) is 7.50. The van der Waals surface area contributed by atoms with Crippen molar-refractivity contribution in [3.63, 3.8) is 0 Å². The zero-order valence-corrected chi connectivity index (χ0v) is 28.8. The first-order valence-electron chi connectivity index (χ1n) is 14.3. The first-order chi connectivity index (χ1) is 21.7. The molecule has 1 aliphatic heterocycles. The van der Waals surface area contributed by atoms with Gasteiger partial charge in [0, 0.05) is 41.6 Å². The fourth-order valence-corrected chi connectivity index (χ4v) is 4.75. The molecule has 1 aliphatic rings. The van der Waals surface area contributed by atoms with Gasteiger partial charge in [-0.2, -0.15) is 23.7 Å². The summed E-state index contributed by atoms with van der Waals surface area (Å²) in [7, 11) is 2.79. The third kappa shape index (κ3) is 10.2. The predicted molar refractivity (Wildman–Crippen MR) is 191 cm³/mol. The lowest BCUT2D eigenvalue weighted by Crippen LogP contribution is -2.15. The van der Waals surface area contributed by atoms with Crippen LogP contribution in [0.3, 0.4) is 0 Å². The standard InChI is InChI=1S/C21H22N2O3.C14H14O3.S2.H2S/c1-4-5-10-21(22-23-21)11-12-26-19-9-8-17-13-16(6-7-18(17)14-19)15(2)20(24)25-3;1-9(14(16)17-2)10-3-4-12-8-13(15)6-5-11(12)7-10;1-2;/h1,6-9,13-15H,5,10-12H2,2-3H3;3-9,15H,1-2H3;;1H2/t15-;9-;;/m00../s1. The minimum atomic E-state index is -0.317. The minimum Gasteiger partial charge on any atom is -0.508 e. The topological polar surface area (TPSA) is 107 Å². The van der Waals surface area contributed by atoms with Gasteiger partial charge in [-0.3, -0.25) is 9.59 Å². The van der Waals surface area contributed by atoms with Crippen LogP contribution in [0.4, 0.5) is 0 Å². The van der Waals surface area contributed by atoms with Gasteiger partial charge in [0.2, 0.25) is 0 Å². The van der Waals surface area contributed by atoms with E-state index in [2.05, 4.69) is 38.5 Å². The van der Waals surface area contributed by atoms with Gasteiger partial charge in [0.05, 0.1) is 32.7 Å². The van der Waals surface area contributed by atoms with Crippen LogP contribution in [0.2, 0.25) is 0 Å². The van der Waals surface area contributed by atoms with Crippen LogP contribution < -0.4 is 4.74 Å². The number of benzene rings is 4.